The van der Waals surface area contributed by atoms with E-state index in [-0.39, 0.29) is 11.8 Å². The minimum absolute atomic E-state index is 0.166. The first-order valence-corrected chi connectivity index (χ1v) is 7.54. The minimum atomic E-state index is -0.465. The highest BCUT2D eigenvalue weighted by molar-refractivity contribution is 7.17. The number of carbonyl (C=O) groups excluding carboxylic acids is 2. The number of anilines is 1. The van der Waals surface area contributed by atoms with E-state index in [2.05, 4.69) is 15.0 Å². The number of hydrogen-bond acceptors (Lipinski definition) is 6. The Hall–Kier alpha value is -2.41. The van der Waals surface area contributed by atoms with E-state index in [1.165, 1.54) is 13.3 Å². The predicted molar refractivity (Wildman–Crippen MR) is 81.2 cm³/mol. The molecule has 0 radical (unpaired) electrons. The molecule has 0 fully saturated rings. The molecule has 0 saturated carbocycles. The molecule has 3 rings (SSSR count). The Balaban J connectivity index is 1.66. The number of thiazole rings is 1. The molecule has 0 saturated heterocycles. The lowest BCUT2D eigenvalue weighted by atomic mass is 9.96. The summed E-state index contributed by atoms with van der Waals surface area (Å²) in [6, 6.07) is 7.68. The Bertz CT molecular complexity index is 713. The van der Waals surface area contributed by atoms with Gasteiger partial charge in [-0.1, -0.05) is 29.5 Å². The van der Waals surface area contributed by atoms with Gasteiger partial charge in [-0.2, -0.15) is 0 Å². The van der Waals surface area contributed by atoms with Crippen molar-refractivity contribution in [3.8, 4) is 5.75 Å². The lowest BCUT2D eigenvalue weighted by Crippen LogP contribution is -2.32. The average Bonchev–Trinajstić information content (AvgIpc) is 3.02. The maximum absolute atomic E-state index is 12.3. The second-order valence-electron chi connectivity index (χ2n) is 4.83. The summed E-state index contributed by atoms with van der Waals surface area (Å²) < 4.78 is 10.2. The number of methoxy groups -OCH3 is 1. The number of esters is 1. The second-order valence-corrected chi connectivity index (χ2v) is 5.86. The summed E-state index contributed by atoms with van der Waals surface area (Å²) in [5.74, 6) is -0.0812. The zero-order valence-corrected chi connectivity index (χ0v) is 12.7. The number of amides is 1. The van der Waals surface area contributed by atoms with Gasteiger partial charge in [0.25, 0.3) is 0 Å². The van der Waals surface area contributed by atoms with E-state index in [4.69, 9.17) is 4.74 Å². The summed E-state index contributed by atoms with van der Waals surface area (Å²) >= 11 is 1.09. The van der Waals surface area contributed by atoms with Crippen molar-refractivity contribution in [1.29, 1.82) is 0 Å². The molecule has 7 heteroatoms. The van der Waals surface area contributed by atoms with Gasteiger partial charge in [0.05, 0.1) is 19.2 Å². The van der Waals surface area contributed by atoms with Gasteiger partial charge in [-0.25, -0.2) is 9.78 Å². The van der Waals surface area contributed by atoms with Gasteiger partial charge in [-0.3, -0.25) is 4.79 Å². The molecule has 0 spiro atoms. The van der Waals surface area contributed by atoms with Crippen LogP contribution in [0.25, 0.3) is 0 Å². The van der Waals surface area contributed by atoms with Crippen molar-refractivity contribution in [1.82, 2.24) is 4.98 Å². The van der Waals surface area contributed by atoms with Crippen LogP contribution in [0.4, 0.5) is 5.13 Å². The van der Waals surface area contributed by atoms with E-state index in [9.17, 15) is 9.59 Å². The fraction of sp³-hybridized carbons (Fsp3) is 0.267. The van der Waals surface area contributed by atoms with E-state index >= 15 is 0 Å². The zero-order chi connectivity index (χ0) is 15.5. The van der Waals surface area contributed by atoms with Crippen molar-refractivity contribution in [3.05, 3.63) is 40.9 Å². The highest BCUT2D eigenvalue weighted by atomic mass is 32.1. The molecule has 1 unspecified atom stereocenters. The number of nitrogens with one attached hydrogen (secondary N) is 1. The molecule has 1 N–H and O–H groups in total. The number of hydrogen-bond donors (Lipinski definition) is 1. The van der Waals surface area contributed by atoms with E-state index in [0.717, 1.165) is 22.6 Å². The molecule has 1 aromatic carbocycles. The fourth-order valence-electron chi connectivity index (χ4n) is 2.23. The molecule has 6 nitrogen and oxygen atoms in total. The molecule has 2 heterocycles. The first-order chi connectivity index (χ1) is 10.7. The maximum Gasteiger partial charge on any atom is 0.349 e. The monoisotopic (exact) mass is 318 g/mol. The summed E-state index contributed by atoms with van der Waals surface area (Å²) in [7, 11) is 1.30. The van der Waals surface area contributed by atoms with Crippen molar-refractivity contribution in [3.63, 3.8) is 0 Å². The smallest absolute Gasteiger partial charge is 0.349 e. The van der Waals surface area contributed by atoms with Gasteiger partial charge >= 0.3 is 5.97 Å². The first kappa shape index (κ1) is 14.5. The highest BCUT2D eigenvalue weighted by Gasteiger charge is 2.26. The number of fused-ring (bicyclic) bond motifs is 1. The van der Waals surface area contributed by atoms with Gasteiger partial charge in [0.1, 0.15) is 17.2 Å². The number of nitrogens with zero attached hydrogens (tertiary/aromatic N) is 1. The molecule has 0 bridgehead atoms. The Morgan fingerprint density at radius 3 is 3.05 bits per heavy atom. The third-order valence-corrected chi connectivity index (χ3v) is 4.26. The molecule has 22 heavy (non-hydrogen) atoms. The number of carbonyl (C=O) groups is 2. The van der Waals surface area contributed by atoms with Gasteiger partial charge in [0.2, 0.25) is 5.91 Å². The predicted octanol–water partition coefficient (Wildman–Crippen LogP) is 2.12. The summed E-state index contributed by atoms with van der Waals surface area (Å²) in [6.07, 6.45) is 2.01. The lowest BCUT2D eigenvalue weighted by Gasteiger charge is -2.24. The van der Waals surface area contributed by atoms with Crippen LogP contribution in [0.15, 0.2) is 30.5 Å². The van der Waals surface area contributed by atoms with Crippen LogP contribution < -0.4 is 10.1 Å². The van der Waals surface area contributed by atoms with Crippen molar-refractivity contribution in [2.45, 2.75) is 6.42 Å². The van der Waals surface area contributed by atoms with Crippen molar-refractivity contribution < 1.29 is 19.1 Å². The lowest BCUT2D eigenvalue weighted by molar-refractivity contribution is -0.121. The van der Waals surface area contributed by atoms with Crippen LogP contribution >= 0.6 is 11.3 Å². The van der Waals surface area contributed by atoms with Crippen molar-refractivity contribution in [2.75, 3.05) is 19.0 Å². The maximum atomic E-state index is 12.3. The van der Waals surface area contributed by atoms with Crippen LogP contribution in [0.3, 0.4) is 0 Å². The standard InChI is InChI=1S/C15H14N2O4S/c1-20-14(19)12-7-16-15(22-12)17-13(18)10-6-9-4-2-3-5-11(9)21-8-10/h2-5,7,10H,6,8H2,1H3,(H,16,17,18). The van der Waals surface area contributed by atoms with E-state index in [1.54, 1.807) is 0 Å². The Morgan fingerprint density at radius 1 is 1.41 bits per heavy atom. The van der Waals surface area contributed by atoms with Gasteiger partial charge in [0, 0.05) is 0 Å². The molecule has 1 atom stereocenters. The first-order valence-electron chi connectivity index (χ1n) is 6.73. The number of para-hydroxylation sites is 1. The molecular weight excluding hydrogens is 304 g/mol. The number of aromatic nitrogens is 1. The van der Waals surface area contributed by atoms with Crippen LogP contribution in [-0.4, -0.2) is 30.6 Å². The summed E-state index contributed by atoms with van der Waals surface area (Å²) in [4.78, 5) is 28.0. The Kier molecular flexibility index (Phi) is 4.06. The Morgan fingerprint density at radius 2 is 2.23 bits per heavy atom. The summed E-state index contributed by atoms with van der Waals surface area (Å²) in [5.41, 5.74) is 1.02. The number of benzene rings is 1. The Labute approximate surface area is 131 Å². The molecule has 1 aromatic heterocycles. The molecule has 1 aliphatic heterocycles. The molecule has 0 aliphatic carbocycles. The average molecular weight is 318 g/mol. The van der Waals surface area contributed by atoms with E-state index in [1.807, 2.05) is 24.3 Å². The van der Waals surface area contributed by atoms with Crippen LogP contribution in [0, 0.1) is 5.92 Å². The van der Waals surface area contributed by atoms with Crippen molar-refractivity contribution >= 4 is 28.3 Å². The SMILES string of the molecule is COC(=O)c1cnc(NC(=O)C2COc3ccccc3C2)s1. The van der Waals surface area contributed by atoms with Crippen LogP contribution in [0.1, 0.15) is 15.2 Å². The minimum Gasteiger partial charge on any atom is -0.492 e. The number of ether oxygens (including phenoxy) is 2. The van der Waals surface area contributed by atoms with Gasteiger partial charge in [0.15, 0.2) is 5.13 Å². The third-order valence-electron chi connectivity index (χ3n) is 3.37. The van der Waals surface area contributed by atoms with Gasteiger partial charge in [-0.05, 0) is 18.1 Å². The largest absolute Gasteiger partial charge is 0.492 e. The number of rotatable bonds is 3. The van der Waals surface area contributed by atoms with Crippen LogP contribution in [0.5, 0.6) is 5.75 Å². The molecular formula is C15H14N2O4S. The van der Waals surface area contributed by atoms with Crippen LogP contribution in [-0.2, 0) is 16.0 Å². The summed E-state index contributed by atoms with van der Waals surface area (Å²) in [6.45, 7) is 0.331. The molecule has 2 aromatic rings. The highest BCUT2D eigenvalue weighted by Crippen LogP contribution is 2.28. The normalized spacial score (nSPS) is 16.3. The topological polar surface area (TPSA) is 77.5 Å². The molecule has 114 valence electrons. The van der Waals surface area contributed by atoms with Gasteiger partial charge < -0.3 is 14.8 Å². The fourth-order valence-corrected chi connectivity index (χ4v) is 2.97. The van der Waals surface area contributed by atoms with Crippen LogP contribution in [0.2, 0.25) is 0 Å². The second kappa shape index (κ2) is 6.15. The van der Waals surface area contributed by atoms with Gasteiger partial charge in [-0.15, -0.1) is 0 Å². The van der Waals surface area contributed by atoms with E-state index in [0.29, 0.717) is 23.0 Å². The van der Waals surface area contributed by atoms with Crippen molar-refractivity contribution in [2.24, 2.45) is 5.92 Å². The van der Waals surface area contributed by atoms with E-state index < -0.39 is 5.97 Å². The summed E-state index contributed by atoms with van der Waals surface area (Å²) in [5, 5.41) is 3.10. The molecule has 1 amide bonds. The molecule has 1 aliphatic rings. The third kappa shape index (κ3) is 2.94. The zero-order valence-electron chi connectivity index (χ0n) is 11.9. The quantitative estimate of drug-likeness (QED) is 0.877.